The molecule has 0 bridgehead atoms. The van der Waals surface area contributed by atoms with Crippen molar-refractivity contribution in [1.29, 1.82) is 0 Å². The van der Waals surface area contributed by atoms with Crippen LogP contribution in [0.1, 0.15) is 12.0 Å². The molecule has 0 spiro atoms. The molecule has 0 saturated heterocycles. The lowest BCUT2D eigenvalue weighted by Gasteiger charge is -2.06. The van der Waals surface area contributed by atoms with E-state index in [1.54, 1.807) is 0 Å². The summed E-state index contributed by atoms with van der Waals surface area (Å²) in [5.74, 6) is -1.99. The first-order valence-corrected chi connectivity index (χ1v) is 4.85. The summed E-state index contributed by atoms with van der Waals surface area (Å²) >= 11 is 0. The van der Waals surface area contributed by atoms with Crippen LogP contribution in [-0.4, -0.2) is 20.2 Å². The van der Waals surface area contributed by atoms with Crippen molar-refractivity contribution in [2.45, 2.75) is 6.42 Å². The Morgan fingerprint density at radius 3 is 2.65 bits per heavy atom. The molecule has 1 aromatic carbocycles. The maximum atomic E-state index is 13.3. The van der Waals surface area contributed by atoms with Gasteiger partial charge in [0.25, 0.3) is 0 Å². The van der Waals surface area contributed by atoms with Crippen molar-refractivity contribution in [3.05, 3.63) is 35.4 Å². The molecule has 17 heavy (non-hydrogen) atoms. The van der Waals surface area contributed by atoms with Crippen molar-refractivity contribution in [2.24, 2.45) is 0 Å². The number of carbonyl (C=O) groups is 1. The minimum atomic E-state index is -0.787. The number of ether oxygens (including phenoxy) is 2. The van der Waals surface area contributed by atoms with E-state index in [9.17, 15) is 13.6 Å². The highest BCUT2D eigenvalue weighted by molar-refractivity contribution is 5.73. The van der Waals surface area contributed by atoms with Crippen molar-refractivity contribution in [2.75, 3.05) is 14.2 Å². The molecular weight excluding hydrogens is 230 g/mol. The van der Waals surface area contributed by atoms with Crippen LogP contribution in [-0.2, 0) is 9.53 Å². The van der Waals surface area contributed by atoms with Gasteiger partial charge >= 0.3 is 5.97 Å². The van der Waals surface area contributed by atoms with Gasteiger partial charge < -0.3 is 9.47 Å². The Bertz CT molecular complexity index is 442. The summed E-state index contributed by atoms with van der Waals surface area (Å²) in [6, 6.07) is 1.85. The second-order valence-electron chi connectivity index (χ2n) is 3.19. The molecule has 0 heterocycles. The van der Waals surface area contributed by atoms with Crippen molar-refractivity contribution in [3.8, 4) is 5.75 Å². The topological polar surface area (TPSA) is 35.5 Å². The van der Waals surface area contributed by atoms with E-state index >= 15 is 0 Å². The van der Waals surface area contributed by atoms with E-state index in [1.807, 2.05) is 0 Å². The maximum absolute atomic E-state index is 13.3. The summed E-state index contributed by atoms with van der Waals surface area (Å²) < 4.78 is 35.5. The van der Waals surface area contributed by atoms with E-state index < -0.39 is 17.6 Å². The van der Waals surface area contributed by atoms with E-state index in [4.69, 9.17) is 4.74 Å². The van der Waals surface area contributed by atoms with Gasteiger partial charge in [0.15, 0.2) is 11.6 Å². The van der Waals surface area contributed by atoms with E-state index in [1.165, 1.54) is 26.4 Å². The first-order valence-electron chi connectivity index (χ1n) is 4.85. The van der Waals surface area contributed by atoms with E-state index in [0.29, 0.717) is 0 Å². The highest BCUT2D eigenvalue weighted by atomic mass is 19.1. The average molecular weight is 242 g/mol. The number of hydrogen-bond acceptors (Lipinski definition) is 3. The number of carbonyl (C=O) groups excluding carboxylic acids is 1. The molecule has 0 atom stereocenters. The van der Waals surface area contributed by atoms with Gasteiger partial charge in [-0.3, -0.25) is 4.79 Å². The van der Waals surface area contributed by atoms with Gasteiger partial charge in [-0.1, -0.05) is 12.2 Å². The molecule has 1 rings (SSSR count). The Hall–Kier alpha value is -1.91. The van der Waals surface area contributed by atoms with Crippen LogP contribution in [0.25, 0.3) is 6.08 Å². The molecular formula is C12H12F2O3. The van der Waals surface area contributed by atoms with Crippen LogP contribution in [0, 0.1) is 11.6 Å². The Morgan fingerprint density at radius 1 is 1.35 bits per heavy atom. The van der Waals surface area contributed by atoms with Crippen molar-refractivity contribution in [3.63, 3.8) is 0 Å². The maximum Gasteiger partial charge on any atom is 0.309 e. The number of methoxy groups -OCH3 is 2. The summed E-state index contributed by atoms with van der Waals surface area (Å²) in [5.41, 5.74) is 0.230. The van der Waals surface area contributed by atoms with Gasteiger partial charge in [0.1, 0.15) is 5.82 Å². The van der Waals surface area contributed by atoms with Crippen LogP contribution in [0.2, 0.25) is 0 Å². The molecule has 5 heteroatoms. The summed E-state index contributed by atoms with van der Waals surface area (Å²) in [6.45, 7) is 0. The molecule has 0 radical (unpaired) electrons. The van der Waals surface area contributed by atoms with Crippen LogP contribution in [0.5, 0.6) is 5.75 Å². The molecule has 3 nitrogen and oxygen atoms in total. The quantitative estimate of drug-likeness (QED) is 0.761. The summed E-state index contributed by atoms with van der Waals surface area (Å²) in [7, 11) is 2.55. The van der Waals surface area contributed by atoms with Gasteiger partial charge in [-0.2, -0.15) is 0 Å². The van der Waals surface area contributed by atoms with Gasteiger partial charge in [-0.05, 0) is 6.07 Å². The van der Waals surface area contributed by atoms with Crippen LogP contribution in [0.4, 0.5) is 8.78 Å². The lowest BCUT2D eigenvalue weighted by atomic mass is 10.1. The summed E-state index contributed by atoms with van der Waals surface area (Å²) in [6.07, 6.45) is 2.88. The average Bonchev–Trinajstić information content (AvgIpc) is 2.28. The molecule has 0 amide bonds. The number of benzene rings is 1. The van der Waals surface area contributed by atoms with Gasteiger partial charge in [-0.15, -0.1) is 0 Å². The first kappa shape index (κ1) is 13.2. The van der Waals surface area contributed by atoms with Crippen LogP contribution < -0.4 is 4.74 Å². The highest BCUT2D eigenvalue weighted by Gasteiger charge is 2.09. The Kier molecular flexibility index (Phi) is 4.63. The SMILES string of the molecule is COC(=O)CC=Cc1cc(F)cc(F)c1OC. The number of halogens is 2. The van der Waals surface area contributed by atoms with Gasteiger partial charge in [-0.25, -0.2) is 8.78 Å². The Morgan fingerprint density at radius 2 is 2.06 bits per heavy atom. The molecule has 0 N–H and O–H groups in total. The minimum absolute atomic E-state index is 0.0256. The lowest BCUT2D eigenvalue weighted by molar-refractivity contribution is -0.139. The fourth-order valence-electron chi connectivity index (χ4n) is 1.28. The van der Waals surface area contributed by atoms with E-state index in [2.05, 4.69) is 4.74 Å². The molecule has 92 valence electrons. The Balaban J connectivity index is 2.93. The van der Waals surface area contributed by atoms with E-state index in [-0.39, 0.29) is 17.7 Å². The van der Waals surface area contributed by atoms with Crippen LogP contribution in [0.3, 0.4) is 0 Å². The standard InChI is InChI=1S/C12H12F2O3/c1-16-11(15)5-3-4-8-6-9(13)7-10(14)12(8)17-2/h3-4,6-7H,5H2,1-2H3. The van der Waals surface area contributed by atoms with Gasteiger partial charge in [0.05, 0.1) is 20.6 Å². The fourth-order valence-corrected chi connectivity index (χ4v) is 1.28. The zero-order valence-corrected chi connectivity index (χ0v) is 9.50. The summed E-state index contributed by atoms with van der Waals surface area (Å²) in [5, 5.41) is 0. The number of esters is 1. The summed E-state index contributed by atoms with van der Waals surface area (Å²) in [4.78, 5) is 10.8. The number of rotatable bonds is 4. The van der Waals surface area contributed by atoms with Crippen molar-refractivity contribution >= 4 is 12.0 Å². The van der Waals surface area contributed by atoms with Crippen molar-refractivity contribution < 1.29 is 23.0 Å². The zero-order chi connectivity index (χ0) is 12.8. The fraction of sp³-hybridized carbons (Fsp3) is 0.250. The molecule has 0 aromatic heterocycles. The second kappa shape index (κ2) is 5.98. The molecule has 0 aliphatic rings. The first-order chi connectivity index (χ1) is 8.08. The van der Waals surface area contributed by atoms with E-state index in [0.717, 1.165) is 12.1 Å². The largest absolute Gasteiger partial charge is 0.493 e. The van der Waals surface area contributed by atoms with Gasteiger partial charge in [0.2, 0.25) is 0 Å². The molecule has 0 saturated carbocycles. The molecule has 0 aliphatic heterocycles. The second-order valence-corrected chi connectivity index (χ2v) is 3.19. The Labute approximate surface area is 97.7 Å². The predicted octanol–water partition coefficient (Wildman–Crippen LogP) is 2.55. The molecule has 0 fully saturated rings. The van der Waals surface area contributed by atoms with Crippen LogP contribution >= 0.6 is 0 Å². The predicted molar refractivity (Wildman–Crippen MR) is 58.6 cm³/mol. The molecule has 0 unspecified atom stereocenters. The number of hydrogen-bond donors (Lipinski definition) is 0. The monoisotopic (exact) mass is 242 g/mol. The third-order valence-electron chi connectivity index (χ3n) is 2.05. The zero-order valence-electron chi connectivity index (χ0n) is 9.50. The normalized spacial score (nSPS) is 10.6. The van der Waals surface area contributed by atoms with Crippen LogP contribution in [0.15, 0.2) is 18.2 Å². The highest BCUT2D eigenvalue weighted by Crippen LogP contribution is 2.25. The van der Waals surface area contributed by atoms with Crippen molar-refractivity contribution in [1.82, 2.24) is 0 Å². The van der Waals surface area contributed by atoms with Gasteiger partial charge in [0, 0.05) is 11.6 Å². The minimum Gasteiger partial charge on any atom is -0.493 e. The lowest BCUT2D eigenvalue weighted by Crippen LogP contribution is -1.97. The molecule has 0 aliphatic carbocycles. The smallest absolute Gasteiger partial charge is 0.309 e. The third-order valence-corrected chi connectivity index (χ3v) is 2.05. The molecule has 1 aromatic rings. The third kappa shape index (κ3) is 3.55.